The molecule has 0 amide bonds. The maximum absolute atomic E-state index is 6.10. The molecule has 82 valence electrons. The molecule has 1 aliphatic heterocycles. The molecule has 0 fully saturated rings. The highest BCUT2D eigenvalue weighted by Gasteiger charge is 2.30. The number of allylic oxidation sites excluding steroid dienone is 2. The molecule has 0 radical (unpaired) electrons. The van der Waals surface area contributed by atoms with E-state index in [0.717, 1.165) is 11.4 Å². The van der Waals surface area contributed by atoms with Gasteiger partial charge in [0.05, 0.1) is 11.7 Å². The molecule has 1 N–H and O–H groups in total. The van der Waals surface area contributed by atoms with E-state index in [0.29, 0.717) is 0 Å². The second kappa shape index (κ2) is 3.41. The quantitative estimate of drug-likeness (QED) is 0.715. The topological polar surface area (TPSA) is 21.3 Å². The number of ether oxygens (including phenoxy) is 1. The van der Waals surface area contributed by atoms with E-state index in [1.165, 1.54) is 11.1 Å². The number of hydrogen-bond donors (Lipinski definition) is 1. The minimum absolute atomic E-state index is 0.138. The number of benzene rings is 1. The Balaban J connectivity index is 2.04. The smallest absolute Gasteiger partial charge is 0.146 e. The number of hydrogen-bond acceptors (Lipinski definition) is 2. The average Bonchev–Trinajstić information content (AvgIpc) is 2.28. The Morgan fingerprint density at radius 1 is 1.25 bits per heavy atom. The lowest BCUT2D eigenvalue weighted by molar-refractivity contribution is 0.215. The predicted octanol–water partition coefficient (Wildman–Crippen LogP) is 3.05. The molecule has 0 spiro atoms. The van der Waals surface area contributed by atoms with Gasteiger partial charge in [-0.3, -0.25) is 0 Å². The molecule has 2 nitrogen and oxygen atoms in total. The number of aryl methyl sites for hydroxylation is 1. The van der Waals surface area contributed by atoms with Crippen LogP contribution in [0.15, 0.2) is 42.0 Å². The maximum Gasteiger partial charge on any atom is 0.146 e. The van der Waals surface area contributed by atoms with Crippen molar-refractivity contribution in [2.24, 2.45) is 0 Å². The van der Waals surface area contributed by atoms with Gasteiger partial charge < -0.3 is 10.1 Å². The van der Waals surface area contributed by atoms with Crippen molar-refractivity contribution in [1.29, 1.82) is 0 Å². The van der Waals surface area contributed by atoms with Crippen LogP contribution in [0, 0.1) is 6.92 Å². The molecule has 1 aliphatic carbocycles. The van der Waals surface area contributed by atoms with Gasteiger partial charge in [0.2, 0.25) is 0 Å². The van der Waals surface area contributed by atoms with Crippen molar-refractivity contribution in [3.8, 4) is 5.75 Å². The second-order valence-electron chi connectivity index (χ2n) is 4.46. The Morgan fingerprint density at radius 3 is 3.00 bits per heavy atom. The first-order valence-electron chi connectivity index (χ1n) is 5.63. The molecule has 0 bridgehead atoms. The van der Waals surface area contributed by atoms with Crippen LogP contribution in [0.2, 0.25) is 0 Å². The molecule has 16 heavy (non-hydrogen) atoms. The van der Waals surface area contributed by atoms with Crippen molar-refractivity contribution in [1.82, 2.24) is 0 Å². The van der Waals surface area contributed by atoms with Crippen molar-refractivity contribution in [3.63, 3.8) is 0 Å². The van der Waals surface area contributed by atoms with Crippen LogP contribution in [0.3, 0.4) is 0 Å². The van der Waals surface area contributed by atoms with Gasteiger partial charge in [0.15, 0.2) is 0 Å². The van der Waals surface area contributed by atoms with Gasteiger partial charge >= 0.3 is 0 Å². The highest BCUT2D eigenvalue weighted by Crippen LogP contribution is 2.37. The van der Waals surface area contributed by atoms with E-state index in [4.69, 9.17) is 4.74 Å². The minimum atomic E-state index is 0.138. The van der Waals surface area contributed by atoms with Gasteiger partial charge in [0.25, 0.3) is 0 Å². The summed E-state index contributed by atoms with van der Waals surface area (Å²) in [5.41, 5.74) is 3.56. The summed E-state index contributed by atoms with van der Waals surface area (Å²) < 4.78 is 6.10. The lowest BCUT2D eigenvalue weighted by Crippen LogP contribution is -2.42. The van der Waals surface area contributed by atoms with Crippen molar-refractivity contribution < 1.29 is 4.74 Å². The molecule has 2 atom stereocenters. The van der Waals surface area contributed by atoms with Gasteiger partial charge in [-0.25, -0.2) is 0 Å². The average molecular weight is 213 g/mol. The molecular weight excluding hydrogens is 198 g/mol. The van der Waals surface area contributed by atoms with Crippen LogP contribution >= 0.6 is 0 Å². The van der Waals surface area contributed by atoms with E-state index >= 15 is 0 Å². The van der Waals surface area contributed by atoms with E-state index in [-0.39, 0.29) is 12.1 Å². The van der Waals surface area contributed by atoms with Gasteiger partial charge in [0.1, 0.15) is 11.9 Å². The fourth-order valence-electron chi connectivity index (χ4n) is 2.33. The van der Waals surface area contributed by atoms with Crippen LogP contribution < -0.4 is 10.1 Å². The first kappa shape index (κ1) is 9.52. The van der Waals surface area contributed by atoms with E-state index in [9.17, 15) is 0 Å². The molecule has 0 saturated heterocycles. The zero-order chi connectivity index (χ0) is 11.1. The maximum atomic E-state index is 6.10. The molecule has 0 saturated carbocycles. The molecule has 3 rings (SSSR count). The lowest BCUT2D eigenvalue weighted by Gasteiger charge is -2.36. The zero-order valence-corrected chi connectivity index (χ0v) is 9.53. The SMILES string of the molecule is CC1=CC=CC2Nc3cccc(C)c3OC12. The summed E-state index contributed by atoms with van der Waals surface area (Å²) in [6.07, 6.45) is 6.50. The van der Waals surface area contributed by atoms with Crippen LogP contribution in [-0.2, 0) is 0 Å². The molecule has 2 heteroatoms. The predicted molar refractivity (Wildman–Crippen MR) is 65.9 cm³/mol. The van der Waals surface area contributed by atoms with Crippen molar-refractivity contribution in [2.75, 3.05) is 5.32 Å². The first-order valence-corrected chi connectivity index (χ1v) is 5.63. The Bertz CT molecular complexity index is 488. The lowest BCUT2D eigenvalue weighted by atomic mass is 9.95. The monoisotopic (exact) mass is 213 g/mol. The zero-order valence-electron chi connectivity index (χ0n) is 9.53. The second-order valence-corrected chi connectivity index (χ2v) is 4.46. The van der Waals surface area contributed by atoms with Gasteiger partial charge in [-0.2, -0.15) is 0 Å². The third-order valence-electron chi connectivity index (χ3n) is 3.23. The Morgan fingerprint density at radius 2 is 2.12 bits per heavy atom. The Kier molecular flexibility index (Phi) is 2.03. The molecular formula is C14H15NO. The molecule has 1 aromatic carbocycles. The third kappa shape index (κ3) is 1.33. The summed E-state index contributed by atoms with van der Waals surface area (Å²) in [5, 5.41) is 3.52. The van der Waals surface area contributed by atoms with Crippen molar-refractivity contribution in [2.45, 2.75) is 26.0 Å². The first-order chi connectivity index (χ1) is 7.75. The van der Waals surface area contributed by atoms with Gasteiger partial charge in [0, 0.05) is 0 Å². The number of anilines is 1. The van der Waals surface area contributed by atoms with Crippen molar-refractivity contribution >= 4 is 5.69 Å². The molecule has 1 heterocycles. The summed E-state index contributed by atoms with van der Waals surface area (Å²) in [6, 6.07) is 6.47. The largest absolute Gasteiger partial charge is 0.481 e. The van der Waals surface area contributed by atoms with E-state index in [2.05, 4.69) is 55.6 Å². The fourth-order valence-corrected chi connectivity index (χ4v) is 2.33. The Labute approximate surface area is 95.6 Å². The molecule has 0 aromatic heterocycles. The van der Waals surface area contributed by atoms with Crippen LogP contribution in [0.1, 0.15) is 12.5 Å². The summed E-state index contributed by atoms with van der Waals surface area (Å²) in [6.45, 7) is 4.20. The van der Waals surface area contributed by atoms with E-state index in [1.54, 1.807) is 0 Å². The number of fused-ring (bicyclic) bond motifs is 2. The number of para-hydroxylation sites is 1. The minimum Gasteiger partial charge on any atom is -0.481 e. The van der Waals surface area contributed by atoms with Gasteiger partial charge in [-0.05, 0) is 31.1 Å². The standard InChI is InChI=1S/C14H15NO/c1-9-5-3-7-11-13(9)16-14-10(2)6-4-8-12(14)15-11/h3-8,11,13,15H,1-2H3. The van der Waals surface area contributed by atoms with Crippen LogP contribution in [0.25, 0.3) is 0 Å². The number of rotatable bonds is 0. The van der Waals surface area contributed by atoms with Crippen LogP contribution in [0.5, 0.6) is 5.75 Å². The van der Waals surface area contributed by atoms with E-state index in [1.807, 2.05) is 0 Å². The molecule has 1 aromatic rings. The van der Waals surface area contributed by atoms with Crippen LogP contribution in [0.4, 0.5) is 5.69 Å². The third-order valence-corrected chi connectivity index (χ3v) is 3.23. The summed E-state index contributed by atoms with van der Waals surface area (Å²) in [7, 11) is 0. The number of nitrogens with one attached hydrogen (secondary N) is 1. The summed E-state index contributed by atoms with van der Waals surface area (Å²) in [4.78, 5) is 0. The highest BCUT2D eigenvalue weighted by atomic mass is 16.5. The van der Waals surface area contributed by atoms with Gasteiger partial charge in [-0.15, -0.1) is 0 Å². The normalized spacial score (nSPS) is 26.0. The van der Waals surface area contributed by atoms with Gasteiger partial charge in [-0.1, -0.05) is 30.4 Å². The van der Waals surface area contributed by atoms with Crippen molar-refractivity contribution in [3.05, 3.63) is 47.6 Å². The summed E-state index contributed by atoms with van der Waals surface area (Å²) >= 11 is 0. The molecule has 2 unspecified atom stereocenters. The Hall–Kier alpha value is -1.70. The fraction of sp³-hybridized carbons (Fsp3) is 0.286. The summed E-state index contributed by atoms with van der Waals surface area (Å²) in [5.74, 6) is 0.992. The highest BCUT2D eigenvalue weighted by molar-refractivity contribution is 5.63. The van der Waals surface area contributed by atoms with Crippen LogP contribution in [-0.4, -0.2) is 12.1 Å². The molecule has 2 aliphatic rings. The van der Waals surface area contributed by atoms with E-state index < -0.39 is 0 Å².